The molecule has 1 heterocycles. The molecule has 8 saturated carbocycles. The van der Waals surface area contributed by atoms with E-state index in [1.807, 2.05) is 0 Å². The van der Waals surface area contributed by atoms with Crippen molar-refractivity contribution in [1.29, 1.82) is 5.41 Å². The number of hydrogen-bond acceptors (Lipinski definition) is 2. The zero-order chi connectivity index (χ0) is 19.2. The number of ether oxygens (including phenoxy) is 1. The Morgan fingerprint density at radius 1 is 0.667 bits per heavy atom. The summed E-state index contributed by atoms with van der Waals surface area (Å²) < 4.78 is 5.67. The molecule has 0 aromatic heterocycles. The second kappa shape index (κ2) is 7.01. The summed E-state index contributed by atoms with van der Waals surface area (Å²) in [4.78, 5) is 5.29. The maximum Gasteiger partial charge on any atom is 0.194 e. The second-order valence-electron chi connectivity index (χ2n) is 12.5. The fraction of sp³-hybridized carbons (Fsp3) is 0.960. The van der Waals surface area contributed by atoms with Crippen molar-refractivity contribution in [1.82, 2.24) is 9.80 Å². The molecule has 1 saturated heterocycles. The van der Waals surface area contributed by atoms with Gasteiger partial charge in [-0.15, -0.1) is 12.4 Å². The molecule has 8 aliphatic carbocycles. The van der Waals surface area contributed by atoms with Gasteiger partial charge in [-0.3, -0.25) is 5.41 Å². The maximum absolute atomic E-state index is 9.61. The van der Waals surface area contributed by atoms with Crippen molar-refractivity contribution in [3.8, 4) is 0 Å². The van der Waals surface area contributed by atoms with Crippen LogP contribution in [0, 0.1) is 40.9 Å². The Balaban J connectivity index is 0.00000175. The lowest BCUT2D eigenvalue weighted by Crippen LogP contribution is -2.73. The summed E-state index contributed by atoms with van der Waals surface area (Å²) >= 11 is 0. The minimum atomic E-state index is 0. The van der Waals surface area contributed by atoms with Gasteiger partial charge in [-0.25, -0.2) is 0 Å². The van der Waals surface area contributed by atoms with Crippen LogP contribution in [-0.4, -0.2) is 53.1 Å². The van der Waals surface area contributed by atoms with Crippen LogP contribution >= 0.6 is 12.4 Å². The van der Waals surface area contributed by atoms with Gasteiger partial charge in [0.2, 0.25) is 0 Å². The highest BCUT2D eigenvalue weighted by atomic mass is 35.5. The van der Waals surface area contributed by atoms with E-state index >= 15 is 0 Å². The molecule has 0 amide bonds. The Morgan fingerprint density at radius 3 is 1.33 bits per heavy atom. The summed E-state index contributed by atoms with van der Waals surface area (Å²) in [6.45, 7) is 3.46. The Bertz CT molecular complexity index is 588. The van der Waals surface area contributed by atoms with E-state index in [2.05, 4.69) is 9.80 Å². The molecule has 30 heavy (non-hydrogen) atoms. The van der Waals surface area contributed by atoms with E-state index in [1.165, 1.54) is 77.0 Å². The zero-order valence-corrected chi connectivity index (χ0v) is 19.3. The van der Waals surface area contributed by atoms with Gasteiger partial charge < -0.3 is 14.5 Å². The first-order valence-electron chi connectivity index (χ1n) is 12.8. The molecule has 9 rings (SSSR count). The number of morpholine rings is 1. The van der Waals surface area contributed by atoms with Crippen molar-refractivity contribution >= 4 is 18.4 Å². The van der Waals surface area contributed by atoms with Crippen molar-refractivity contribution in [3.05, 3.63) is 0 Å². The molecule has 0 unspecified atom stereocenters. The normalized spacial score (nSPS) is 50.5. The van der Waals surface area contributed by atoms with Gasteiger partial charge in [0.1, 0.15) is 0 Å². The number of nitrogens with one attached hydrogen (secondary N) is 1. The smallest absolute Gasteiger partial charge is 0.194 e. The molecule has 168 valence electrons. The Labute approximate surface area is 188 Å². The highest BCUT2D eigenvalue weighted by Gasteiger charge is 2.62. The molecule has 0 radical (unpaired) electrons. The maximum atomic E-state index is 9.61. The highest BCUT2D eigenvalue weighted by molar-refractivity contribution is 5.85. The molecule has 9 fully saturated rings. The predicted octanol–water partition coefficient (Wildman–Crippen LogP) is 4.91. The molecule has 0 aromatic carbocycles. The SMILES string of the molecule is Cl.N=C(N1CCOCC1)N(C12CC3CC(CC(C3)C1)C2)C12CC3CC(CC(C3)C1)C2. The van der Waals surface area contributed by atoms with E-state index in [9.17, 15) is 5.41 Å². The first-order chi connectivity index (χ1) is 14.1. The van der Waals surface area contributed by atoms with Crippen molar-refractivity contribution in [3.63, 3.8) is 0 Å². The van der Waals surface area contributed by atoms with Crippen LogP contribution in [0.5, 0.6) is 0 Å². The Kier molecular flexibility index (Phi) is 4.71. The lowest BCUT2D eigenvalue weighted by atomic mass is 9.48. The topological polar surface area (TPSA) is 39.6 Å². The van der Waals surface area contributed by atoms with E-state index in [0.717, 1.165) is 67.8 Å². The van der Waals surface area contributed by atoms with Crippen LogP contribution in [0.1, 0.15) is 77.0 Å². The first-order valence-corrected chi connectivity index (χ1v) is 12.8. The predicted molar refractivity (Wildman–Crippen MR) is 121 cm³/mol. The van der Waals surface area contributed by atoms with Crippen molar-refractivity contribution in [2.45, 2.75) is 88.1 Å². The standard InChI is InChI=1S/C25H39N3O.ClH/c26-23(27-1-3-29-4-2-27)28(24-11-17-5-18(12-24)7-19(6-17)13-24)25-14-20-8-21(15-25)10-22(9-20)16-25;/h17-22,26H,1-16H2;1H. The average Bonchev–Trinajstić information content (AvgIpc) is 2.66. The quantitative estimate of drug-likeness (QED) is 0.496. The van der Waals surface area contributed by atoms with E-state index in [4.69, 9.17) is 4.74 Å². The first kappa shape index (κ1) is 20.1. The number of halogens is 1. The molecule has 0 spiro atoms. The number of nitrogens with zero attached hydrogens (tertiary/aromatic N) is 2. The van der Waals surface area contributed by atoms with Gasteiger partial charge in [-0.05, 0) is 113 Å². The van der Waals surface area contributed by atoms with E-state index in [1.54, 1.807) is 0 Å². The lowest BCUT2D eigenvalue weighted by Gasteiger charge is -2.69. The molecule has 5 heteroatoms. The van der Waals surface area contributed by atoms with Gasteiger partial charge in [0.05, 0.1) is 13.2 Å². The van der Waals surface area contributed by atoms with Gasteiger partial charge in [0.25, 0.3) is 0 Å². The molecule has 1 aliphatic heterocycles. The molecule has 9 aliphatic rings. The second-order valence-corrected chi connectivity index (χ2v) is 12.5. The third-order valence-corrected chi connectivity index (χ3v) is 10.5. The summed E-state index contributed by atoms with van der Waals surface area (Å²) in [5.74, 6) is 6.64. The molecule has 0 atom stereocenters. The fourth-order valence-electron chi connectivity index (χ4n) is 10.5. The molecule has 4 nitrogen and oxygen atoms in total. The fourth-order valence-corrected chi connectivity index (χ4v) is 10.5. The van der Waals surface area contributed by atoms with Crippen molar-refractivity contribution < 1.29 is 4.74 Å². The van der Waals surface area contributed by atoms with Gasteiger partial charge >= 0.3 is 0 Å². The van der Waals surface area contributed by atoms with E-state index in [0.29, 0.717) is 11.1 Å². The van der Waals surface area contributed by atoms with Gasteiger partial charge in [0, 0.05) is 24.2 Å². The highest BCUT2D eigenvalue weighted by Crippen LogP contribution is 2.64. The van der Waals surface area contributed by atoms with E-state index in [-0.39, 0.29) is 12.4 Å². The largest absolute Gasteiger partial charge is 0.378 e. The van der Waals surface area contributed by atoms with E-state index < -0.39 is 0 Å². The number of guanidine groups is 1. The van der Waals surface area contributed by atoms with Gasteiger partial charge in [-0.2, -0.15) is 0 Å². The third kappa shape index (κ3) is 2.91. The Hall–Kier alpha value is -0.480. The summed E-state index contributed by atoms with van der Waals surface area (Å²) in [5.41, 5.74) is 0.631. The van der Waals surface area contributed by atoms with Crippen molar-refractivity contribution in [2.75, 3.05) is 26.3 Å². The van der Waals surface area contributed by atoms with Crippen LogP contribution in [0.15, 0.2) is 0 Å². The van der Waals surface area contributed by atoms with Crippen LogP contribution < -0.4 is 0 Å². The summed E-state index contributed by atoms with van der Waals surface area (Å²) in [5, 5.41) is 9.61. The molecule has 0 aromatic rings. The average molecular weight is 434 g/mol. The molecular formula is C25H40ClN3O. The molecular weight excluding hydrogens is 394 g/mol. The summed E-state index contributed by atoms with van der Waals surface area (Å²) in [6, 6.07) is 0. The van der Waals surface area contributed by atoms with Crippen LogP contribution in [0.25, 0.3) is 0 Å². The third-order valence-electron chi connectivity index (χ3n) is 10.5. The minimum absolute atomic E-state index is 0. The van der Waals surface area contributed by atoms with Crippen LogP contribution in [0.4, 0.5) is 0 Å². The van der Waals surface area contributed by atoms with Gasteiger partial charge in [0.15, 0.2) is 5.96 Å². The lowest BCUT2D eigenvalue weighted by molar-refractivity contribution is -0.151. The minimum Gasteiger partial charge on any atom is -0.378 e. The van der Waals surface area contributed by atoms with Crippen LogP contribution in [0.3, 0.4) is 0 Å². The summed E-state index contributed by atoms with van der Waals surface area (Å²) in [6.07, 6.45) is 17.4. The van der Waals surface area contributed by atoms with Gasteiger partial charge in [-0.1, -0.05) is 0 Å². The number of rotatable bonds is 2. The molecule has 1 N–H and O–H groups in total. The monoisotopic (exact) mass is 433 g/mol. The number of hydrogen-bond donors (Lipinski definition) is 1. The van der Waals surface area contributed by atoms with Crippen molar-refractivity contribution in [2.24, 2.45) is 35.5 Å². The van der Waals surface area contributed by atoms with Crippen LogP contribution in [0.2, 0.25) is 0 Å². The molecule has 8 bridgehead atoms. The Morgan fingerprint density at radius 2 is 1.00 bits per heavy atom. The summed E-state index contributed by atoms with van der Waals surface area (Å²) in [7, 11) is 0. The van der Waals surface area contributed by atoms with Crippen LogP contribution in [-0.2, 0) is 4.74 Å². The zero-order valence-electron chi connectivity index (χ0n) is 18.5.